The summed E-state index contributed by atoms with van der Waals surface area (Å²) in [6, 6.07) is 3.15. The monoisotopic (exact) mass is 348 g/mol. The summed E-state index contributed by atoms with van der Waals surface area (Å²) < 4.78 is 68.3. The fraction of sp³-hybridized carbons (Fsp3) is 0.455. The molecule has 0 spiro atoms. The van der Waals surface area contributed by atoms with Gasteiger partial charge >= 0.3 is 13.0 Å². The normalized spacial score (nSPS) is 11.7. The minimum atomic E-state index is -4.88. The maximum Gasteiger partial charge on any atom is 0.573 e. The van der Waals surface area contributed by atoms with E-state index in [1.165, 1.54) is 6.07 Å². The summed E-state index contributed by atoms with van der Waals surface area (Å²) in [5.74, 6) is -0.900. The van der Waals surface area contributed by atoms with Crippen LogP contribution >= 0.6 is 15.9 Å². The molecule has 0 aliphatic carbocycles. The summed E-state index contributed by atoms with van der Waals surface area (Å²) >= 11 is 3.17. The molecule has 0 fully saturated rings. The number of rotatable bonds is 6. The summed E-state index contributed by atoms with van der Waals surface area (Å²) in [5, 5.41) is 0.641. The Hall–Kier alpha value is -1.05. The van der Waals surface area contributed by atoms with Crippen molar-refractivity contribution in [3.05, 3.63) is 23.8 Å². The van der Waals surface area contributed by atoms with Crippen LogP contribution in [0.25, 0.3) is 0 Å². The summed E-state index contributed by atoms with van der Waals surface area (Å²) in [4.78, 5) is 0. The molecule has 0 saturated carbocycles. The average Bonchev–Trinajstić information content (AvgIpc) is 2.25. The smallest absolute Gasteiger partial charge is 0.434 e. The maximum atomic E-state index is 12.2. The summed E-state index contributed by atoms with van der Waals surface area (Å²) in [6.07, 6.45) is -3.84. The predicted molar refractivity (Wildman–Crippen MR) is 61.9 cm³/mol. The van der Waals surface area contributed by atoms with Crippen molar-refractivity contribution in [2.24, 2.45) is 0 Å². The van der Waals surface area contributed by atoms with Crippen LogP contribution in [-0.2, 0) is 6.42 Å². The SMILES string of the molecule is FC(F)Oc1cc(OC(F)(F)F)ccc1CCCBr. The summed E-state index contributed by atoms with van der Waals surface area (Å²) in [5.41, 5.74) is 0.397. The van der Waals surface area contributed by atoms with E-state index in [0.29, 0.717) is 23.7 Å². The largest absolute Gasteiger partial charge is 0.573 e. The lowest BCUT2D eigenvalue weighted by Gasteiger charge is -2.14. The van der Waals surface area contributed by atoms with Crippen molar-refractivity contribution in [1.29, 1.82) is 0 Å². The van der Waals surface area contributed by atoms with Crippen LogP contribution in [0.1, 0.15) is 12.0 Å². The third kappa shape index (κ3) is 6.09. The van der Waals surface area contributed by atoms with Crippen LogP contribution in [0, 0.1) is 0 Å². The van der Waals surface area contributed by atoms with Crippen molar-refractivity contribution in [3.8, 4) is 11.5 Å². The van der Waals surface area contributed by atoms with Gasteiger partial charge in [-0.1, -0.05) is 22.0 Å². The zero-order valence-corrected chi connectivity index (χ0v) is 11.1. The molecule has 8 heteroatoms. The third-order valence-electron chi connectivity index (χ3n) is 2.07. The van der Waals surface area contributed by atoms with Crippen LogP contribution in [0.5, 0.6) is 11.5 Å². The second-order valence-corrected chi connectivity index (χ2v) is 4.28. The first kappa shape index (κ1) is 16.0. The lowest BCUT2D eigenvalue weighted by Crippen LogP contribution is -2.17. The molecule has 1 rings (SSSR count). The lowest BCUT2D eigenvalue weighted by molar-refractivity contribution is -0.274. The molecule has 1 aromatic rings. The van der Waals surface area contributed by atoms with E-state index < -0.39 is 18.7 Å². The van der Waals surface area contributed by atoms with Crippen molar-refractivity contribution < 1.29 is 31.4 Å². The van der Waals surface area contributed by atoms with Crippen LogP contribution in [0.4, 0.5) is 22.0 Å². The van der Waals surface area contributed by atoms with Gasteiger partial charge < -0.3 is 9.47 Å². The highest BCUT2D eigenvalue weighted by Gasteiger charge is 2.31. The second kappa shape index (κ2) is 6.93. The Morgan fingerprint density at radius 1 is 1.21 bits per heavy atom. The van der Waals surface area contributed by atoms with Crippen molar-refractivity contribution in [3.63, 3.8) is 0 Å². The van der Waals surface area contributed by atoms with Gasteiger partial charge in [0.1, 0.15) is 11.5 Å². The Kier molecular flexibility index (Phi) is 5.84. The topological polar surface area (TPSA) is 18.5 Å². The number of halogens is 6. The highest BCUT2D eigenvalue weighted by molar-refractivity contribution is 9.09. The van der Waals surface area contributed by atoms with E-state index in [0.717, 1.165) is 12.1 Å². The molecule has 19 heavy (non-hydrogen) atoms. The molecule has 0 radical (unpaired) electrons. The van der Waals surface area contributed by atoms with E-state index in [4.69, 9.17) is 0 Å². The Bertz CT molecular complexity index is 409. The minimum Gasteiger partial charge on any atom is -0.434 e. The third-order valence-corrected chi connectivity index (χ3v) is 2.63. The molecule has 0 N–H and O–H groups in total. The van der Waals surface area contributed by atoms with Crippen LogP contribution in [0.2, 0.25) is 0 Å². The van der Waals surface area contributed by atoms with E-state index in [9.17, 15) is 22.0 Å². The number of hydrogen-bond acceptors (Lipinski definition) is 2. The van der Waals surface area contributed by atoms with Gasteiger partial charge in [0.15, 0.2) is 0 Å². The molecule has 108 valence electrons. The molecule has 0 amide bonds. The van der Waals surface area contributed by atoms with Crippen LogP contribution < -0.4 is 9.47 Å². The van der Waals surface area contributed by atoms with Gasteiger partial charge in [-0.25, -0.2) is 0 Å². The zero-order chi connectivity index (χ0) is 14.5. The Morgan fingerprint density at radius 2 is 1.89 bits per heavy atom. The molecular weight excluding hydrogens is 339 g/mol. The molecule has 0 aliphatic rings. The summed E-state index contributed by atoms with van der Waals surface area (Å²) in [6.45, 7) is -3.11. The first-order valence-electron chi connectivity index (χ1n) is 5.21. The van der Waals surface area contributed by atoms with Crippen molar-refractivity contribution in [1.82, 2.24) is 0 Å². The van der Waals surface area contributed by atoms with E-state index >= 15 is 0 Å². The van der Waals surface area contributed by atoms with Gasteiger partial charge in [-0.3, -0.25) is 0 Å². The Balaban J connectivity index is 2.93. The average molecular weight is 349 g/mol. The molecule has 0 atom stereocenters. The van der Waals surface area contributed by atoms with Gasteiger partial charge in [0.05, 0.1) is 0 Å². The highest BCUT2D eigenvalue weighted by atomic mass is 79.9. The number of benzene rings is 1. The molecule has 0 aromatic heterocycles. The molecule has 1 aromatic carbocycles. The molecule has 0 unspecified atom stereocenters. The van der Waals surface area contributed by atoms with Crippen LogP contribution in [0.15, 0.2) is 18.2 Å². The molecular formula is C11H10BrF5O2. The Morgan fingerprint density at radius 3 is 2.42 bits per heavy atom. The van der Waals surface area contributed by atoms with Gasteiger partial charge in [0.25, 0.3) is 0 Å². The zero-order valence-electron chi connectivity index (χ0n) is 9.52. The van der Waals surface area contributed by atoms with Crippen LogP contribution in [0.3, 0.4) is 0 Å². The van der Waals surface area contributed by atoms with E-state index in [1.54, 1.807) is 0 Å². The molecule has 0 heterocycles. The van der Waals surface area contributed by atoms with Gasteiger partial charge in [-0.05, 0) is 24.5 Å². The number of ether oxygens (including phenoxy) is 2. The molecule has 2 nitrogen and oxygen atoms in total. The first-order chi connectivity index (χ1) is 8.81. The quantitative estimate of drug-likeness (QED) is 0.556. The lowest BCUT2D eigenvalue weighted by atomic mass is 10.1. The fourth-order valence-corrected chi connectivity index (χ4v) is 1.68. The fourth-order valence-electron chi connectivity index (χ4n) is 1.40. The maximum absolute atomic E-state index is 12.2. The Labute approximate surface area is 114 Å². The summed E-state index contributed by atoms with van der Waals surface area (Å²) in [7, 11) is 0. The van der Waals surface area contributed by atoms with Gasteiger partial charge in [0.2, 0.25) is 0 Å². The number of aryl methyl sites for hydroxylation is 1. The standard InChI is InChI=1S/C11H10BrF5O2/c12-5-1-2-7-3-4-8(19-11(15,16)17)6-9(7)18-10(13)14/h3-4,6,10H,1-2,5H2. The number of alkyl halides is 6. The molecule has 0 saturated heterocycles. The van der Waals surface area contributed by atoms with Gasteiger partial charge in [0, 0.05) is 11.4 Å². The second-order valence-electron chi connectivity index (χ2n) is 3.49. The molecule has 0 aliphatic heterocycles. The van der Waals surface area contributed by atoms with E-state index in [2.05, 4.69) is 25.4 Å². The number of hydrogen-bond donors (Lipinski definition) is 0. The van der Waals surface area contributed by atoms with Crippen molar-refractivity contribution in [2.75, 3.05) is 5.33 Å². The van der Waals surface area contributed by atoms with Gasteiger partial charge in [-0.15, -0.1) is 13.2 Å². The first-order valence-corrected chi connectivity index (χ1v) is 6.33. The van der Waals surface area contributed by atoms with Crippen molar-refractivity contribution >= 4 is 15.9 Å². The van der Waals surface area contributed by atoms with E-state index in [1.807, 2.05) is 0 Å². The van der Waals surface area contributed by atoms with Crippen molar-refractivity contribution in [2.45, 2.75) is 25.8 Å². The van der Waals surface area contributed by atoms with E-state index in [-0.39, 0.29) is 5.75 Å². The molecule has 0 bridgehead atoms. The van der Waals surface area contributed by atoms with Gasteiger partial charge in [-0.2, -0.15) is 8.78 Å². The minimum absolute atomic E-state index is 0.308. The van der Waals surface area contributed by atoms with Crippen LogP contribution in [-0.4, -0.2) is 18.3 Å². The highest BCUT2D eigenvalue weighted by Crippen LogP contribution is 2.30. The predicted octanol–water partition coefficient (Wildman–Crippen LogP) is 4.51.